The van der Waals surface area contributed by atoms with Gasteiger partial charge in [0.05, 0.1) is 13.2 Å². The first-order chi connectivity index (χ1) is 12.0. The summed E-state index contributed by atoms with van der Waals surface area (Å²) in [5.41, 5.74) is 1.56. The van der Waals surface area contributed by atoms with Gasteiger partial charge < -0.3 is 24.8 Å². The minimum atomic E-state index is -0.236. The van der Waals surface area contributed by atoms with Crippen molar-refractivity contribution in [1.29, 1.82) is 0 Å². The van der Waals surface area contributed by atoms with Gasteiger partial charge in [0, 0.05) is 25.3 Å². The number of phenols is 1. The number of amides is 2. The number of phenolic OH excluding ortho intramolecular Hbond substituents is 1. The van der Waals surface area contributed by atoms with E-state index in [0.29, 0.717) is 36.9 Å². The first-order valence-corrected chi connectivity index (χ1v) is 8.23. The molecule has 25 heavy (non-hydrogen) atoms. The van der Waals surface area contributed by atoms with Crippen LogP contribution in [0.3, 0.4) is 0 Å². The van der Waals surface area contributed by atoms with Crippen molar-refractivity contribution in [3.05, 3.63) is 48.0 Å². The van der Waals surface area contributed by atoms with Gasteiger partial charge in [-0.1, -0.05) is 12.1 Å². The van der Waals surface area contributed by atoms with Gasteiger partial charge in [-0.3, -0.25) is 0 Å². The van der Waals surface area contributed by atoms with Crippen molar-refractivity contribution in [3.8, 4) is 17.2 Å². The summed E-state index contributed by atoms with van der Waals surface area (Å²) in [6.07, 6.45) is 0. The second-order valence-electron chi connectivity index (χ2n) is 5.48. The number of rotatable bonds is 7. The Labute approximate surface area is 148 Å². The molecule has 0 saturated heterocycles. The Hall–Kier alpha value is -2.89. The highest BCUT2D eigenvalue weighted by Crippen LogP contribution is 2.30. The zero-order valence-corrected chi connectivity index (χ0v) is 14.8. The Bertz CT molecular complexity index is 701. The Morgan fingerprint density at radius 3 is 2.32 bits per heavy atom. The maximum Gasteiger partial charge on any atom is 0.321 e. The maximum atomic E-state index is 12.4. The second-order valence-corrected chi connectivity index (χ2v) is 5.48. The first kappa shape index (κ1) is 18.4. The van der Waals surface area contributed by atoms with Crippen LogP contribution in [-0.4, -0.2) is 36.3 Å². The molecule has 2 aromatic rings. The van der Waals surface area contributed by atoms with Crippen molar-refractivity contribution in [1.82, 2.24) is 4.90 Å². The summed E-state index contributed by atoms with van der Waals surface area (Å²) in [5, 5.41) is 12.2. The number of nitrogens with one attached hydrogen (secondary N) is 1. The molecule has 0 unspecified atom stereocenters. The number of anilines is 1. The lowest BCUT2D eigenvalue weighted by molar-refractivity contribution is 0.220. The Morgan fingerprint density at radius 2 is 1.68 bits per heavy atom. The van der Waals surface area contributed by atoms with Crippen molar-refractivity contribution >= 4 is 11.7 Å². The minimum Gasteiger partial charge on any atom is -0.508 e. The van der Waals surface area contributed by atoms with Gasteiger partial charge in [-0.2, -0.15) is 0 Å². The molecule has 6 heteroatoms. The lowest BCUT2D eigenvalue weighted by Crippen LogP contribution is -2.30. The Morgan fingerprint density at radius 1 is 1.04 bits per heavy atom. The molecule has 2 amide bonds. The molecule has 2 rings (SSSR count). The van der Waals surface area contributed by atoms with Crippen molar-refractivity contribution in [2.45, 2.75) is 20.4 Å². The van der Waals surface area contributed by atoms with E-state index in [4.69, 9.17) is 9.47 Å². The van der Waals surface area contributed by atoms with E-state index in [2.05, 4.69) is 5.32 Å². The molecule has 0 fully saturated rings. The molecule has 0 radical (unpaired) electrons. The van der Waals surface area contributed by atoms with Gasteiger partial charge in [0.15, 0.2) is 11.5 Å². The molecule has 0 aromatic heterocycles. The number of carbonyl (C=O) groups excluding carboxylic acids is 1. The summed E-state index contributed by atoms with van der Waals surface area (Å²) in [4.78, 5) is 13.9. The lowest BCUT2D eigenvalue weighted by Gasteiger charge is -2.19. The molecule has 0 spiro atoms. The zero-order valence-electron chi connectivity index (χ0n) is 14.8. The molecule has 0 aliphatic carbocycles. The second kappa shape index (κ2) is 8.82. The third kappa shape index (κ3) is 5.31. The van der Waals surface area contributed by atoms with E-state index in [9.17, 15) is 9.90 Å². The summed E-state index contributed by atoms with van der Waals surface area (Å²) in [6.45, 7) is 5.29. The molecule has 0 heterocycles. The van der Waals surface area contributed by atoms with Crippen LogP contribution in [0, 0.1) is 0 Å². The van der Waals surface area contributed by atoms with Gasteiger partial charge in [0.25, 0.3) is 0 Å². The van der Waals surface area contributed by atoms with Crippen LogP contribution in [0.25, 0.3) is 0 Å². The number of ether oxygens (including phenoxy) is 2. The highest BCUT2D eigenvalue weighted by molar-refractivity contribution is 5.89. The monoisotopic (exact) mass is 344 g/mol. The van der Waals surface area contributed by atoms with E-state index < -0.39 is 0 Å². The van der Waals surface area contributed by atoms with E-state index in [-0.39, 0.29) is 11.8 Å². The Balaban J connectivity index is 2.03. The average molecular weight is 344 g/mol. The van der Waals surface area contributed by atoms with Gasteiger partial charge in [-0.25, -0.2) is 4.79 Å². The number of urea groups is 1. The highest BCUT2D eigenvalue weighted by Gasteiger charge is 2.12. The SMILES string of the molecule is CCOc1ccc(NC(=O)N(C)Cc2ccc(O)cc2)cc1OCC. The third-order valence-corrected chi connectivity index (χ3v) is 3.50. The topological polar surface area (TPSA) is 71.0 Å². The summed E-state index contributed by atoms with van der Waals surface area (Å²) < 4.78 is 11.1. The number of hydrogen-bond acceptors (Lipinski definition) is 4. The van der Waals surface area contributed by atoms with Crippen molar-refractivity contribution in [2.24, 2.45) is 0 Å². The number of aromatic hydroxyl groups is 1. The van der Waals surface area contributed by atoms with Crippen LogP contribution in [0.15, 0.2) is 42.5 Å². The number of hydrogen-bond donors (Lipinski definition) is 2. The van der Waals surface area contributed by atoms with Gasteiger partial charge in [0.2, 0.25) is 0 Å². The van der Waals surface area contributed by atoms with Gasteiger partial charge in [0.1, 0.15) is 5.75 Å². The molecule has 6 nitrogen and oxygen atoms in total. The Kier molecular flexibility index (Phi) is 6.51. The standard InChI is InChI=1S/C19H24N2O4/c1-4-24-17-11-8-15(12-18(17)25-5-2)20-19(23)21(3)13-14-6-9-16(22)10-7-14/h6-12,22H,4-5,13H2,1-3H3,(H,20,23). The van der Waals surface area contributed by atoms with E-state index in [0.717, 1.165) is 5.56 Å². The zero-order chi connectivity index (χ0) is 18.2. The minimum absolute atomic E-state index is 0.202. The predicted octanol–water partition coefficient (Wildman–Crippen LogP) is 3.85. The molecule has 0 aliphatic heterocycles. The van der Waals surface area contributed by atoms with Crippen LogP contribution in [0.1, 0.15) is 19.4 Å². The van der Waals surface area contributed by atoms with E-state index in [1.807, 2.05) is 13.8 Å². The van der Waals surface area contributed by atoms with Crippen molar-refractivity contribution in [3.63, 3.8) is 0 Å². The highest BCUT2D eigenvalue weighted by atomic mass is 16.5. The predicted molar refractivity (Wildman–Crippen MR) is 97.4 cm³/mol. The summed E-state index contributed by atoms with van der Waals surface area (Å²) >= 11 is 0. The van der Waals surface area contributed by atoms with E-state index >= 15 is 0 Å². The summed E-state index contributed by atoms with van der Waals surface area (Å²) in [7, 11) is 1.71. The molecule has 0 aliphatic rings. The maximum absolute atomic E-state index is 12.4. The summed E-state index contributed by atoms with van der Waals surface area (Å²) in [5.74, 6) is 1.46. The molecule has 2 aromatic carbocycles. The molecule has 134 valence electrons. The smallest absolute Gasteiger partial charge is 0.321 e. The van der Waals surface area contributed by atoms with Crippen LogP contribution in [0.4, 0.5) is 10.5 Å². The molecule has 0 bridgehead atoms. The molecular weight excluding hydrogens is 320 g/mol. The molecule has 2 N–H and O–H groups in total. The van der Waals surface area contributed by atoms with Crippen LogP contribution < -0.4 is 14.8 Å². The number of carbonyl (C=O) groups is 1. The van der Waals surface area contributed by atoms with Crippen LogP contribution in [0.2, 0.25) is 0 Å². The fourth-order valence-electron chi connectivity index (χ4n) is 2.29. The molecule has 0 saturated carbocycles. The largest absolute Gasteiger partial charge is 0.508 e. The first-order valence-electron chi connectivity index (χ1n) is 8.23. The molecular formula is C19H24N2O4. The van der Waals surface area contributed by atoms with Crippen molar-refractivity contribution < 1.29 is 19.4 Å². The van der Waals surface area contributed by atoms with E-state index in [1.165, 1.54) is 0 Å². The summed E-state index contributed by atoms with van der Waals surface area (Å²) in [6, 6.07) is 11.8. The lowest BCUT2D eigenvalue weighted by atomic mass is 10.2. The normalized spacial score (nSPS) is 10.2. The molecule has 0 atom stereocenters. The van der Waals surface area contributed by atoms with Crippen molar-refractivity contribution in [2.75, 3.05) is 25.6 Å². The van der Waals surface area contributed by atoms with Crippen LogP contribution in [0.5, 0.6) is 17.2 Å². The van der Waals surface area contributed by atoms with Crippen LogP contribution in [-0.2, 0) is 6.54 Å². The average Bonchev–Trinajstić information content (AvgIpc) is 2.59. The number of nitrogens with zero attached hydrogens (tertiary/aromatic N) is 1. The van der Waals surface area contributed by atoms with E-state index in [1.54, 1.807) is 54.4 Å². The fourth-order valence-corrected chi connectivity index (χ4v) is 2.29. The quantitative estimate of drug-likeness (QED) is 0.800. The van der Waals surface area contributed by atoms with Gasteiger partial charge >= 0.3 is 6.03 Å². The van der Waals surface area contributed by atoms with Gasteiger partial charge in [-0.05, 0) is 43.7 Å². The van der Waals surface area contributed by atoms with Crippen LogP contribution >= 0.6 is 0 Å². The number of benzene rings is 2. The van der Waals surface area contributed by atoms with Gasteiger partial charge in [-0.15, -0.1) is 0 Å². The fraction of sp³-hybridized carbons (Fsp3) is 0.316. The third-order valence-electron chi connectivity index (χ3n) is 3.50.